The molecule has 0 aliphatic carbocycles. The summed E-state index contributed by atoms with van der Waals surface area (Å²) in [5.41, 5.74) is 4.69. The van der Waals surface area contributed by atoms with Gasteiger partial charge in [-0.15, -0.1) is 0 Å². The first-order valence-electron chi connectivity index (χ1n) is 6.32. The predicted molar refractivity (Wildman–Crippen MR) is 75.2 cm³/mol. The van der Waals surface area contributed by atoms with Gasteiger partial charge in [-0.1, -0.05) is 43.7 Å². The van der Waals surface area contributed by atoms with Crippen molar-refractivity contribution in [2.75, 3.05) is 6.61 Å². The molecule has 0 aromatic heterocycles. The zero-order chi connectivity index (χ0) is 13.7. The lowest BCUT2D eigenvalue weighted by Gasteiger charge is -2.11. The van der Waals surface area contributed by atoms with Crippen molar-refractivity contribution < 1.29 is 9.53 Å². The molecule has 1 aromatic carbocycles. The second-order valence-corrected chi connectivity index (χ2v) is 5.03. The number of carbonyl (C=O) groups excluding carboxylic acids is 1. The van der Waals surface area contributed by atoms with Gasteiger partial charge < -0.3 is 4.74 Å². The zero-order valence-electron chi connectivity index (χ0n) is 11.9. The third-order valence-corrected chi connectivity index (χ3v) is 3.03. The van der Waals surface area contributed by atoms with E-state index in [9.17, 15) is 4.79 Å². The minimum Gasteiger partial charge on any atom is -0.461 e. The normalized spacial score (nSPS) is 12.3. The molecule has 2 heteroatoms. The molecule has 0 unspecified atom stereocenters. The molecule has 0 aliphatic rings. The summed E-state index contributed by atoms with van der Waals surface area (Å²) in [7, 11) is 0. The highest BCUT2D eigenvalue weighted by atomic mass is 16.5. The molecular weight excluding hydrogens is 224 g/mol. The molecule has 2 nitrogen and oxygen atoms in total. The molecule has 0 spiro atoms. The molecule has 0 aliphatic heterocycles. The van der Waals surface area contributed by atoms with Crippen molar-refractivity contribution in [2.24, 2.45) is 5.92 Å². The molecule has 0 fully saturated rings. The smallest absolute Gasteiger partial charge is 0.308 e. The number of esters is 1. The van der Waals surface area contributed by atoms with Gasteiger partial charge in [0, 0.05) is 0 Å². The molecule has 1 rings (SSSR count). The van der Waals surface area contributed by atoms with Crippen LogP contribution in [-0.4, -0.2) is 12.6 Å². The van der Waals surface area contributed by atoms with Gasteiger partial charge in [-0.3, -0.25) is 4.79 Å². The fraction of sp³-hybridized carbons (Fsp3) is 0.438. The molecule has 1 aromatic rings. The van der Waals surface area contributed by atoms with Crippen LogP contribution in [0.15, 0.2) is 29.8 Å². The summed E-state index contributed by atoms with van der Waals surface area (Å²) in [5.74, 6) is -0.219. The summed E-state index contributed by atoms with van der Waals surface area (Å²) in [6, 6.07) is 8.37. The standard InChI is InChI=1S/C16H22O2/c1-11(2)16(17)18-10-13(4)14(5)15-8-6-12(3)7-9-15/h6-9,11H,10H2,1-5H3/b14-13+. The molecule has 0 heterocycles. The van der Waals surface area contributed by atoms with Gasteiger partial charge in [-0.25, -0.2) is 0 Å². The van der Waals surface area contributed by atoms with Crippen molar-refractivity contribution in [3.8, 4) is 0 Å². The lowest BCUT2D eigenvalue weighted by atomic mass is 10.0. The van der Waals surface area contributed by atoms with Crippen LogP contribution >= 0.6 is 0 Å². The number of allylic oxidation sites excluding steroid dienone is 1. The van der Waals surface area contributed by atoms with E-state index in [1.165, 1.54) is 16.7 Å². The highest BCUT2D eigenvalue weighted by Gasteiger charge is 2.09. The van der Waals surface area contributed by atoms with E-state index < -0.39 is 0 Å². The van der Waals surface area contributed by atoms with Crippen molar-refractivity contribution in [1.29, 1.82) is 0 Å². The minimum atomic E-state index is -0.147. The Labute approximate surface area is 110 Å². The third-order valence-electron chi connectivity index (χ3n) is 3.03. The van der Waals surface area contributed by atoms with Gasteiger partial charge in [0.25, 0.3) is 0 Å². The maximum Gasteiger partial charge on any atom is 0.308 e. The monoisotopic (exact) mass is 246 g/mol. The molecular formula is C16H22O2. The van der Waals surface area contributed by atoms with Crippen LogP contribution in [0.1, 0.15) is 38.8 Å². The first-order chi connectivity index (χ1) is 8.41. The SMILES string of the molecule is C/C(COC(=O)C(C)C)=C(/C)c1ccc(C)cc1. The van der Waals surface area contributed by atoms with E-state index >= 15 is 0 Å². The van der Waals surface area contributed by atoms with Gasteiger partial charge in [0.05, 0.1) is 5.92 Å². The Morgan fingerprint density at radius 3 is 2.22 bits per heavy atom. The maximum atomic E-state index is 11.4. The van der Waals surface area contributed by atoms with Gasteiger partial charge in [-0.2, -0.15) is 0 Å². The van der Waals surface area contributed by atoms with Gasteiger partial charge in [0.2, 0.25) is 0 Å². The number of aryl methyl sites for hydroxylation is 1. The Balaban J connectivity index is 2.73. The van der Waals surface area contributed by atoms with E-state index in [0.29, 0.717) is 6.61 Å². The summed E-state index contributed by atoms with van der Waals surface area (Å²) in [6.45, 7) is 10.2. The fourth-order valence-electron chi connectivity index (χ4n) is 1.50. The average Bonchev–Trinajstić information content (AvgIpc) is 2.35. The predicted octanol–water partition coefficient (Wildman–Crippen LogP) is 3.99. The molecule has 0 atom stereocenters. The number of hydrogen-bond donors (Lipinski definition) is 0. The van der Waals surface area contributed by atoms with Gasteiger partial charge >= 0.3 is 5.97 Å². The molecule has 0 radical (unpaired) electrons. The number of rotatable bonds is 4. The summed E-state index contributed by atoms with van der Waals surface area (Å²) in [5, 5.41) is 0. The van der Waals surface area contributed by atoms with E-state index in [2.05, 4.69) is 38.1 Å². The number of benzene rings is 1. The van der Waals surface area contributed by atoms with Crippen molar-refractivity contribution in [2.45, 2.75) is 34.6 Å². The molecule has 18 heavy (non-hydrogen) atoms. The second kappa shape index (κ2) is 6.39. The summed E-state index contributed by atoms with van der Waals surface area (Å²) in [4.78, 5) is 11.4. The quantitative estimate of drug-likeness (QED) is 0.751. The Kier molecular flexibility index (Phi) is 5.14. The van der Waals surface area contributed by atoms with E-state index in [1.54, 1.807) is 0 Å². The summed E-state index contributed by atoms with van der Waals surface area (Å²) in [6.07, 6.45) is 0. The highest BCUT2D eigenvalue weighted by molar-refractivity contribution is 5.72. The molecule has 0 bridgehead atoms. The first kappa shape index (κ1) is 14.5. The topological polar surface area (TPSA) is 26.3 Å². The van der Waals surface area contributed by atoms with Gasteiger partial charge in [-0.05, 0) is 37.5 Å². The van der Waals surface area contributed by atoms with E-state index in [0.717, 1.165) is 5.57 Å². The van der Waals surface area contributed by atoms with Crippen LogP contribution in [0.4, 0.5) is 0 Å². The number of hydrogen-bond acceptors (Lipinski definition) is 2. The Morgan fingerprint density at radius 2 is 1.72 bits per heavy atom. The molecule has 0 amide bonds. The van der Waals surface area contributed by atoms with Crippen LogP contribution in [-0.2, 0) is 9.53 Å². The van der Waals surface area contributed by atoms with Crippen molar-refractivity contribution in [3.63, 3.8) is 0 Å². The van der Waals surface area contributed by atoms with Gasteiger partial charge in [0.15, 0.2) is 0 Å². The molecule has 0 saturated carbocycles. The fourth-order valence-corrected chi connectivity index (χ4v) is 1.50. The van der Waals surface area contributed by atoms with Crippen LogP contribution in [0.2, 0.25) is 0 Å². The average molecular weight is 246 g/mol. The van der Waals surface area contributed by atoms with E-state index in [4.69, 9.17) is 4.74 Å². The molecule has 0 N–H and O–H groups in total. The summed E-state index contributed by atoms with van der Waals surface area (Å²) >= 11 is 0. The van der Waals surface area contributed by atoms with Crippen LogP contribution in [0, 0.1) is 12.8 Å². The number of ether oxygens (including phenoxy) is 1. The van der Waals surface area contributed by atoms with Crippen LogP contribution in [0.5, 0.6) is 0 Å². The Morgan fingerprint density at radius 1 is 1.17 bits per heavy atom. The lowest BCUT2D eigenvalue weighted by molar-refractivity contribution is -0.146. The van der Waals surface area contributed by atoms with Crippen molar-refractivity contribution >= 4 is 11.5 Å². The summed E-state index contributed by atoms with van der Waals surface area (Å²) < 4.78 is 5.23. The van der Waals surface area contributed by atoms with Crippen molar-refractivity contribution in [3.05, 3.63) is 41.0 Å². The molecule has 0 saturated heterocycles. The second-order valence-electron chi connectivity index (χ2n) is 5.03. The maximum absolute atomic E-state index is 11.4. The lowest BCUT2D eigenvalue weighted by Crippen LogP contribution is -2.13. The number of carbonyl (C=O) groups is 1. The highest BCUT2D eigenvalue weighted by Crippen LogP contribution is 2.19. The largest absolute Gasteiger partial charge is 0.461 e. The van der Waals surface area contributed by atoms with E-state index in [-0.39, 0.29) is 11.9 Å². The van der Waals surface area contributed by atoms with Crippen LogP contribution in [0.25, 0.3) is 5.57 Å². The third kappa shape index (κ3) is 4.02. The van der Waals surface area contributed by atoms with Crippen LogP contribution in [0.3, 0.4) is 0 Å². The van der Waals surface area contributed by atoms with Crippen molar-refractivity contribution in [1.82, 2.24) is 0 Å². The molecule has 98 valence electrons. The Bertz CT molecular complexity index is 439. The Hall–Kier alpha value is -1.57. The van der Waals surface area contributed by atoms with Gasteiger partial charge in [0.1, 0.15) is 6.61 Å². The van der Waals surface area contributed by atoms with E-state index in [1.807, 2.05) is 20.8 Å². The minimum absolute atomic E-state index is 0.0718. The van der Waals surface area contributed by atoms with Crippen LogP contribution < -0.4 is 0 Å². The zero-order valence-corrected chi connectivity index (χ0v) is 11.9. The first-order valence-corrected chi connectivity index (χ1v) is 6.32.